The molecule has 6 nitrogen and oxygen atoms in total. The smallest absolute Gasteiger partial charge is 0.260 e. The molecule has 0 saturated carbocycles. The summed E-state index contributed by atoms with van der Waals surface area (Å²) in [4.78, 5) is 3.71. The van der Waals surface area contributed by atoms with Gasteiger partial charge in [-0.15, -0.1) is 6.58 Å². The van der Waals surface area contributed by atoms with Crippen molar-refractivity contribution in [1.82, 2.24) is 14.3 Å². The summed E-state index contributed by atoms with van der Waals surface area (Å²) in [7, 11) is -2.07. The van der Waals surface area contributed by atoms with Crippen LogP contribution in [0.15, 0.2) is 24.0 Å². The molecule has 1 rings (SSSR count). The first kappa shape index (κ1) is 11.7. The summed E-state index contributed by atoms with van der Waals surface area (Å²) in [6, 6.07) is -0.357. The molecular formula is C8H14N4O2S. The molecule has 0 amide bonds. The number of nitrogens with zero attached hydrogens (tertiary/aromatic N) is 2. The molecule has 1 aromatic rings. The van der Waals surface area contributed by atoms with Crippen molar-refractivity contribution in [2.45, 2.75) is 18.0 Å². The Labute approximate surface area is 88.9 Å². The van der Waals surface area contributed by atoms with Gasteiger partial charge >= 0.3 is 0 Å². The third kappa shape index (κ3) is 2.37. The predicted octanol–water partition coefficient (Wildman–Crippen LogP) is -0.145. The summed E-state index contributed by atoms with van der Waals surface area (Å²) < 4.78 is 27.4. The second-order valence-electron chi connectivity index (χ2n) is 3.19. The molecule has 1 heterocycles. The fraction of sp³-hybridized carbons (Fsp3) is 0.375. The highest BCUT2D eigenvalue weighted by molar-refractivity contribution is 7.89. The minimum Gasteiger partial charge on any atom is -0.381 e. The summed E-state index contributed by atoms with van der Waals surface area (Å²) >= 11 is 0. The van der Waals surface area contributed by atoms with Gasteiger partial charge in [0.15, 0.2) is 10.8 Å². The van der Waals surface area contributed by atoms with Crippen LogP contribution in [0.3, 0.4) is 0 Å². The van der Waals surface area contributed by atoms with Crippen LogP contribution in [-0.2, 0) is 17.1 Å². The highest BCUT2D eigenvalue weighted by Crippen LogP contribution is 2.15. The number of anilines is 1. The first-order valence-electron chi connectivity index (χ1n) is 4.30. The number of aryl methyl sites for hydroxylation is 1. The Hall–Kier alpha value is -1.34. The summed E-state index contributed by atoms with van der Waals surface area (Å²) in [5, 5.41) is -0.0313. The van der Waals surface area contributed by atoms with Crippen molar-refractivity contribution >= 4 is 15.8 Å². The summed E-state index contributed by atoms with van der Waals surface area (Å²) in [6.45, 7) is 5.17. The molecule has 1 atom stereocenters. The number of nitrogen functional groups attached to an aromatic ring is 1. The van der Waals surface area contributed by atoms with Gasteiger partial charge in [0.1, 0.15) is 0 Å². The number of sulfonamides is 1. The molecule has 0 aliphatic heterocycles. The van der Waals surface area contributed by atoms with E-state index in [1.54, 1.807) is 14.0 Å². The topological polar surface area (TPSA) is 90.0 Å². The van der Waals surface area contributed by atoms with E-state index >= 15 is 0 Å². The van der Waals surface area contributed by atoms with E-state index in [2.05, 4.69) is 16.3 Å². The van der Waals surface area contributed by atoms with Crippen LogP contribution < -0.4 is 10.5 Å². The van der Waals surface area contributed by atoms with Gasteiger partial charge in [-0.1, -0.05) is 6.08 Å². The first-order chi connectivity index (χ1) is 6.88. The van der Waals surface area contributed by atoms with Gasteiger partial charge in [-0.3, -0.25) is 0 Å². The Morgan fingerprint density at radius 1 is 1.73 bits per heavy atom. The van der Waals surface area contributed by atoms with Crippen LogP contribution in [-0.4, -0.2) is 24.0 Å². The number of nitrogens with two attached hydrogens (primary N) is 1. The Morgan fingerprint density at radius 2 is 2.33 bits per heavy atom. The molecule has 0 aliphatic rings. The van der Waals surface area contributed by atoms with Gasteiger partial charge in [-0.05, 0) is 6.92 Å². The van der Waals surface area contributed by atoms with Gasteiger partial charge in [0, 0.05) is 13.1 Å². The van der Waals surface area contributed by atoms with Crippen molar-refractivity contribution < 1.29 is 8.42 Å². The molecule has 0 spiro atoms. The SMILES string of the molecule is C=CC(C)NS(=O)(=O)c1c(N)ncn1C. The lowest BCUT2D eigenvalue weighted by molar-refractivity contribution is 0.566. The number of aromatic nitrogens is 2. The minimum absolute atomic E-state index is 0.0127. The molecule has 0 aromatic carbocycles. The maximum Gasteiger partial charge on any atom is 0.260 e. The zero-order chi connectivity index (χ0) is 11.6. The lowest BCUT2D eigenvalue weighted by Crippen LogP contribution is -2.32. The van der Waals surface area contributed by atoms with Gasteiger partial charge in [0.2, 0.25) is 0 Å². The van der Waals surface area contributed by atoms with Crippen LogP contribution >= 0.6 is 0 Å². The third-order valence-corrected chi connectivity index (χ3v) is 3.55. The second kappa shape index (κ2) is 4.03. The Balaban J connectivity index is 3.12. The van der Waals surface area contributed by atoms with E-state index in [4.69, 9.17) is 5.73 Å². The average molecular weight is 230 g/mol. The van der Waals surface area contributed by atoms with E-state index in [0.717, 1.165) is 0 Å². The van der Waals surface area contributed by atoms with Crippen molar-refractivity contribution in [2.24, 2.45) is 7.05 Å². The van der Waals surface area contributed by atoms with Crippen molar-refractivity contribution in [2.75, 3.05) is 5.73 Å². The number of hydrogen-bond acceptors (Lipinski definition) is 4. The van der Waals surface area contributed by atoms with E-state index in [-0.39, 0.29) is 16.9 Å². The predicted molar refractivity (Wildman–Crippen MR) is 57.6 cm³/mol. The molecular weight excluding hydrogens is 216 g/mol. The highest BCUT2D eigenvalue weighted by atomic mass is 32.2. The van der Waals surface area contributed by atoms with Gasteiger partial charge in [0.25, 0.3) is 10.0 Å². The van der Waals surface area contributed by atoms with Gasteiger partial charge in [-0.25, -0.2) is 18.1 Å². The van der Waals surface area contributed by atoms with Crippen molar-refractivity contribution in [3.8, 4) is 0 Å². The van der Waals surface area contributed by atoms with Crippen LogP contribution in [0, 0.1) is 0 Å². The van der Waals surface area contributed by atoms with Crippen LogP contribution in [0.4, 0.5) is 5.82 Å². The first-order valence-corrected chi connectivity index (χ1v) is 5.78. The molecule has 1 aromatic heterocycles. The summed E-state index contributed by atoms with van der Waals surface area (Å²) in [5.41, 5.74) is 5.47. The molecule has 0 bridgehead atoms. The van der Waals surface area contributed by atoms with E-state index in [1.807, 2.05) is 0 Å². The molecule has 0 fully saturated rings. The lowest BCUT2D eigenvalue weighted by atomic mass is 10.4. The Kier molecular flexibility index (Phi) is 3.15. The maximum atomic E-state index is 11.8. The van der Waals surface area contributed by atoms with Crippen molar-refractivity contribution in [1.29, 1.82) is 0 Å². The molecule has 84 valence electrons. The largest absolute Gasteiger partial charge is 0.381 e. The highest BCUT2D eigenvalue weighted by Gasteiger charge is 2.23. The maximum absolute atomic E-state index is 11.8. The van der Waals surface area contributed by atoms with E-state index in [1.165, 1.54) is 17.0 Å². The minimum atomic E-state index is -3.64. The van der Waals surface area contributed by atoms with Crippen LogP contribution in [0.25, 0.3) is 0 Å². The number of imidazole rings is 1. The van der Waals surface area contributed by atoms with Crippen LogP contribution in [0.2, 0.25) is 0 Å². The van der Waals surface area contributed by atoms with Crippen LogP contribution in [0.1, 0.15) is 6.92 Å². The third-order valence-electron chi connectivity index (χ3n) is 1.86. The van der Waals surface area contributed by atoms with Gasteiger partial charge in [-0.2, -0.15) is 0 Å². The molecule has 0 saturated heterocycles. The number of rotatable bonds is 4. The van der Waals surface area contributed by atoms with Crippen molar-refractivity contribution in [3.05, 3.63) is 19.0 Å². The Bertz CT molecular complexity index is 443. The molecule has 1 unspecified atom stereocenters. The molecule has 0 aliphatic carbocycles. The molecule has 3 N–H and O–H groups in total. The summed E-state index contributed by atoms with van der Waals surface area (Å²) in [6.07, 6.45) is 2.84. The fourth-order valence-electron chi connectivity index (χ4n) is 1.11. The van der Waals surface area contributed by atoms with Gasteiger partial charge < -0.3 is 10.3 Å². The number of nitrogens with one attached hydrogen (secondary N) is 1. The van der Waals surface area contributed by atoms with Crippen LogP contribution in [0.5, 0.6) is 0 Å². The zero-order valence-electron chi connectivity index (χ0n) is 8.64. The Morgan fingerprint density at radius 3 is 2.73 bits per heavy atom. The lowest BCUT2D eigenvalue weighted by Gasteiger charge is -2.10. The van der Waals surface area contributed by atoms with E-state index in [9.17, 15) is 8.42 Å². The zero-order valence-corrected chi connectivity index (χ0v) is 9.45. The monoisotopic (exact) mass is 230 g/mol. The fourth-order valence-corrected chi connectivity index (χ4v) is 2.56. The quantitative estimate of drug-likeness (QED) is 0.704. The van der Waals surface area contributed by atoms with E-state index in [0.29, 0.717) is 0 Å². The van der Waals surface area contributed by atoms with Crippen molar-refractivity contribution in [3.63, 3.8) is 0 Å². The van der Waals surface area contributed by atoms with E-state index < -0.39 is 10.0 Å². The second-order valence-corrected chi connectivity index (χ2v) is 4.82. The molecule has 15 heavy (non-hydrogen) atoms. The standard InChI is InChI=1S/C8H14N4O2S/c1-4-6(2)11-15(13,14)8-7(9)10-5-12(8)3/h4-6,11H,1,9H2,2-3H3. The molecule has 0 radical (unpaired) electrons. The average Bonchev–Trinajstić information content (AvgIpc) is 2.45. The normalized spacial score (nSPS) is 13.7. The number of hydrogen-bond donors (Lipinski definition) is 2. The van der Waals surface area contributed by atoms with Gasteiger partial charge in [0.05, 0.1) is 6.33 Å². The molecule has 7 heteroatoms. The summed E-state index contributed by atoms with van der Waals surface area (Å²) in [5.74, 6) is -0.0127.